The molecule has 10 heteroatoms. The SMILES string of the molecule is COc1ccc(Nc2cc(-c3cccnc3)nc(NCCCO)n2)cc1C(F)(F)F. The van der Waals surface area contributed by atoms with E-state index in [9.17, 15) is 13.2 Å². The van der Waals surface area contributed by atoms with Crippen LogP contribution in [0.3, 0.4) is 0 Å². The van der Waals surface area contributed by atoms with Crippen molar-refractivity contribution >= 4 is 17.5 Å². The Balaban J connectivity index is 1.95. The molecular formula is C20H20F3N5O2. The van der Waals surface area contributed by atoms with Gasteiger partial charge in [-0.2, -0.15) is 18.2 Å². The molecule has 3 N–H and O–H groups in total. The van der Waals surface area contributed by atoms with E-state index >= 15 is 0 Å². The van der Waals surface area contributed by atoms with Crippen molar-refractivity contribution in [2.45, 2.75) is 12.6 Å². The summed E-state index contributed by atoms with van der Waals surface area (Å²) in [6.45, 7) is 0.444. The molecule has 158 valence electrons. The maximum absolute atomic E-state index is 13.3. The molecule has 0 spiro atoms. The molecule has 0 saturated heterocycles. The highest BCUT2D eigenvalue weighted by molar-refractivity contribution is 5.67. The van der Waals surface area contributed by atoms with Gasteiger partial charge in [0.2, 0.25) is 5.95 Å². The number of anilines is 3. The molecule has 0 amide bonds. The van der Waals surface area contributed by atoms with E-state index in [4.69, 9.17) is 9.84 Å². The van der Waals surface area contributed by atoms with Gasteiger partial charge >= 0.3 is 6.18 Å². The van der Waals surface area contributed by atoms with Crippen molar-refractivity contribution in [1.82, 2.24) is 15.0 Å². The number of aliphatic hydroxyl groups is 1. The largest absolute Gasteiger partial charge is 0.496 e. The van der Waals surface area contributed by atoms with Gasteiger partial charge < -0.3 is 20.5 Å². The highest BCUT2D eigenvalue weighted by Crippen LogP contribution is 2.38. The number of aliphatic hydroxyl groups excluding tert-OH is 1. The van der Waals surface area contributed by atoms with Crippen LogP contribution in [0.15, 0.2) is 48.8 Å². The van der Waals surface area contributed by atoms with Crippen molar-refractivity contribution in [3.63, 3.8) is 0 Å². The molecule has 1 aromatic carbocycles. The van der Waals surface area contributed by atoms with Crippen LogP contribution in [0.1, 0.15) is 12.0 Å². The lowest BCUT2D eigenvalue weighted by Gasteiger charge is -2.15. The molecule has 2 aromatic heterocycles. The monoisotopic (exact) mass is 419 g/mol. The van der Waals surface area contributed by atoms with Gasteiger partial charge in [0.15, 0.2) is 0 Å². The Morgan fingerprint density at radius 3 is 2.63 bits per heavy atom. The molecule has 3 rings (SSSR count). The number of alkyl halides is 3. The molecule has 0 atom stereocenters. The summed E-state index contributed by atoms with van der Waals surface area (Å²) in [6.07, 6.45) is -0.817. The number of benzene rings is 1. The summed E-state index contributed by atoms with van der Waals surface area (Å²) in [5.41, 5.74) is 0.564. The Kier molecular flexibility index (Phi) is 6.68. The fraction of sp³-hybridized carbons (Fsp3) is 0.250. The summed E-state index contributed by atoms with van der Waals surface area (Å²) in [5.74, 6) is 0.309. The quantitative estimate of drug-likeness (QED) is 0.474. The maximum atomic E-state index is 13.3. The van der Waals surface area contributed by atoms with E-state index in [1.54, 1.807) is 24.5 Å². The molecule has 0 aliphatic carbocycles. The van der Waals surface area contributed by atoms with E-state index in [2.05, 4.69) is 25.6 Å². The van der Waals surface area contributed by atoms with Crippen LogP contribution in [-0.2, 0) is 6.18 Å². The molecule has 7 nitrogen and oxygen atoms in total. The number of rotatable bonds is 8. The number of hydrogen-bond acceptors (Lipinski definition) is 7. The molecule has 30 heavy (non-hydrogen) atoms. The predicted molar refractivity (Wildman–Crippen MR) is 107 cm³/mol. The molecule has 0 radical (unpaired) electrons. The first-order chi connectivity index (χ1) is 14.4. The number of pyridine rings is 1. The van der Waals surface area contributed by atoms with Crippen LogP contribution in [0.2, 0.25) is 0 Å². The number of ether oxygens (including phenoxy) is 1. The van der Waals surface area contributed by atoms with Crippen molar-refractivity contribution in [2.24, 2.45) is 0 Å². The van der Waals surface area contributed by atoms with Crippen molar-refractivity contribution in [2.75, 3.05) is 30.9 Å². The van der Waals surface area contributed by atoms with Gasteiger partial charge in [0.05, 0.1) is 18.4 Å². The van der Waals surface area contributed by atoms with E-state index in [1.165, 1.54) is 19.2 Å². The van der Waals surface area contributed by atoms with Gasteiger partial charge in [-0.15, -0.1) is 0 Å². The summed E-state index contributed by atoms with van der Waals surface area (Å²) in [5, 5.41) is 14.8. The first-order valence-corrected chi connectivity index (χ1v) is 9.07. The summed E-state index contributed by atoms with van der Waals surface area (Å²) >= 11 is 0. The number of hydrogen-bond donors (Lipinski definition) is 3. The van der Waals surface area contributed by atoms with E-state index in [0.717, 1.165) is 11.6 Å². The van der Waals surface area contributed by atoms with E-state index < -0.39 is 11.7 Å². The van der Waals surface area contributed by atoms with Crippen LogP contribution in [0.25, 0.3) is 11.3 Å². The van der Waals surface area contributed by atoms with Gasteiger partial charge in [-0.25, -0.2) is 4.98 Å². The van der Waals surface area contributed by atoms with Crippen LogP contribution >= 0.6 is 0 Å². The predicted octanol–water partition coefficient (Wildman–Crippen LogP) is 4.10. The van der Waals surface area contributed by atoms with E-state index in [0.29, 0.717) is 24.5 Å². The zero-order chi connectivity index (χ0) is 21.6. The summed E-state index contributed by atoms with van der Waals surface area (Å²) in [7, 11) is 1.19. The van der Waals surface area contributed by atoms with E-state index in [-0.39, 0.29) is 24.0 Å². The summed E-state index contributed by atoms with van der Waals surface area (Å²) < 4.78 is 44.7. The van der Waals surface area contributed by atoms with E-state index in [1.807, 2.05) is 6.07 Å². The number of nitrogens with zero attached hydrogens (tertiary/aromatic N) is 3. The number of halogens is 3. The molecule has 0 saturated carbocycles. The molecule has 0 unspecified atom stereocenters. The third-order valence-corrected chi connectivity index (χ3v) is 4.08. The molecule has 2 heterocycles. The third-order valence-electron chi connectivity index (χ3n) is 4.08. The summed E-state index contributed by atoms with van der Waals surface area (Å²) in [6, 6.07) is 8.86. The highest BCUT2D eigenvalue weighted by Gasteiger charge is 2.34. The van der Waals surface area contributed by atoms with Gasteiger partial charge in [0.1, 0.15) is 11.6 Å². The second-order valence-electron chi connectivity index (χ2n) is 6.25. The van der Waals surface area contributed by atoms with Crippen LogP contribution in [0.4, 0.5) is 30.6 Å². The second kappa shape index (κ2) is 9.40. The zero-order valence-corrected chi connectivity index (χ0v) is 16.1. The second-order valence-corrected chi connectivity index (χ2v) is 6.25. The molecule has 0 aliphatic heterocycles. The highest BCUT2D eigenvalue weighted by atomic mass is 19.4. The minimum absolute atomic E-state index is 0.00642. The van der Waals surface area contributed by atoms with Crippen LogP contribution in [0.5, 0.6) is 5.75 Å². The Bertz CT molecular complexity index is 984. The lowest BCUT2D eigenvalue weighted by Crippen LogP contribution is -2.10. The smallest absolute Gasteiger partial charge is 0.420 e. The van der Waals surface area contributed by atoms with Crippen molar-refractivity contribution < 1.29 is 23.0 Å². The third kappa shape index (κ3) is 5.35. The summed E-state index contributed by atoms with van der Waals surface area (Å²) in [4.78, 5) is 12.8. The zero-order valence-electron chi connectivity index (χ0n) is 16.1. The molecule has 3 aromatic rings. The van der Waals surface area contributed by atoms with Crippen molar-refractivity contribution in [3.8, 4) is 17.0 Å². The van der Waals surface area contributed by atoms with Crippen molar-refractivity contribution in [1.29, 1.82) is 0 Å². The Hall–Kier alpha value is -3.40. The fourth-order valence-electron chi connectivity index (χ4n) is 2.69. The van der Waals surface area contributed by atoms with Crippen LogP contribution < -0.4 is 15.4 Å². The Morgan fingerprint density at radius 1 is 1.13 bits per heavy atom. The number of nitrogens with one attached hydrogen (secondary N) is 2. The molecule has 0 bridgehead atoms. The van der Waals surface area contributed by atoms with Gasteiger partial charge in [-0.05, 0) is 36.8 Å². The van der Waals surface area contributed by atoms with Gasteiger partial charge in [-0.3, -0.25) is 4.98 Å². The minimum atomic E-state index is -4.56. The Morgan fingerprint density at radius 2 is 1.97 bits per heavy atom. The minimum Gasteiger partial charge on any atom is -0.496 e. The number of aromatic nitrogens is 3. The topological polar surface area (TPSA) is 92.2 Å². The lowest BCUT2D eigenvalue weighted by atomic mass is 10.1. The van der Waals surface area contributed by atoms with Gasteiger partial charge in [0.25, 0.3) is 0 Å². The maximum Gasteiger partial charge on any atom is 0.420 e. The van der Waals surface area contributed by atoms with Gasteiger partial charge in [0, 0.05) is 42.9 Å². The van der Waals surface area contributed by atoms with Crippen LogP contribution in [0, 0.1) is 0 Å². The number of methoxy groups -OCH3 is 1. The average Bonchev–Trinajstić information content (AvgIpc) is 2.74. The Labute approximate surface area is 171 Å². The molecular weight excluding hydrogens is 399 g/mol. The van der Waals surface area contributed by atoms with Crippen LogP contribution in [-0.4, -0.2) is 40.3 Å². The standard InChI is InChI=1S/C20H20F3N5O2/c1-30-17-6-5-14(10-15(17)20(21,22)23)26-18-11-16(13-4-2-7-24-12-13)27-19(28-18)25-8-3-9-29/h2,4-7,10-12,29H,3,8-9H2,1H3,(H2,25,26,27,28). The van der Waals surface area contributed by atoms with Crippen molar-refractivity contribution in [3.05, 3.63) is 54.4 Å². The fourth-order valence-corrected chi connectivity index (χ4v) is 2.69. The average molecular weight is 419 g/mol. The first kappa shape index (κ1) is 21.3. The molecule has 0 aliphatic rings. The first-order valence-electron chi connectivity index (χ1n) is 9.07. The lowest BCUT2D eigenvalue weighted by molar-refractivity contribution is -0.138. The normalized spacial score (nSPS) is 11.2. The van der Waals surface area contributed by atoms with Gasteiger partial charge in [-0.1, -0.05) is 0 Å². The molecule has 0 fully saturated rings.